The first-order chi connectivity index (χ1) is 12.1. The van der Waals surface area contributed by atoms with Crippen molar-refractivity contribution < 1.29 is 18.0 Å². The smallest absolute Gasteiger partial charge is 0.240 e. The van der Waals surface area contributed by atoms with Gasteiger partial charge in [-0.25, -0.2) is 8.42 Å². The number of anilines is 2. The molecule has 0 bridgehead atoms. The van der Waals surface area contributed by atoms with Crippen molar-refractivity contribution in [3.8, 4) is 0 Å². The van der Waals surface area contributed by atoms with E-state index >= 15 is 0 Å². The molecule has 0 radical (unpaired) electrons. The predicted molar refractivity (Wildman–Crippen MR) is 101 cm³/mol. The third kappa shape index (κ3) is 3.56. The Kier molecular flexibility index (Phi) is 4.72. The summed E-state index contributed by atoms with van der Waals surface area (Å²) in [6.45, 7) is 0. The number of amides is 2. The average molecular weight is 379 g/mol. The number of nitrogens with zero attached hydrogens (tertiary/aromatic N) is 2. The van der Waals surface area contributed by atoms with Crippen LogP contribution in [-0.4, -0.2) is 63.8 Å². The summed E-state index contributed by atoms with van der Waals surface area (Å²) in [5, 5.41) is 2.83. The van der Waals surface area contributed by atoms with Gasteiger partial charge in [-0.05, 0) is 43.5 Å². The molecular weight excluding hydrogens is 354 g/mol. The Hall–Kier alpha value is -2.09. The number of benzene rings is 1. The first-order valence-electron chi connectivity index (χ1n) is 8.71. The van der Waals surface area contributed by atoms with Crippen molar-refractivity contribution in [3.05, 3.63) is 24.3 Å². The lowest BCUT2D eigenvalue weighted by Crippen LogP contribution is -2.46. The van der Waals surface area contributed by atoms with Crippen molar-refractivity contribution in [1.29, 1.82) is 0 Å². The summed E-state index contributed by atoms with van der Waals surface area (Å²) in [4.78, 5) is 29.0. The maximum absolute atomic E-state index is 12.9. The Morgan fingerprint density at radius 2 is 1.73 bits per heavy atom. The summed E-state index contributed by atoms with van der Waals surface area (Å²) in [6.07, 6.45) is 1.43. The molecule has 142 valence electrons. The maximum atomic E-state index is 12.9. The number of hydrogen-bond donors (Lipinski definition) is 1. The quantitative estimate of drug-likeness (QED) is 0.775. The second-order valence-electron chi connectivity index (χ2n) is 7.45. The van der Waals surface area contributed by atoms with Crippen LogP contribution >= 0.6 is 0 Å². The number of carbonyl (C=O) groups is 2. The van der Waals surface area contributed by atoms with Gasteiger partial charge in [0.1, 0.15) is 5.41 Å². The van der Waals surface area contributed by atoms with Crippen LogP contribution in [0.15, 0.2) is 24.3 Å². The molecule has 1 unspecified atom stereocenters. The molecule has 1 aromatic rings. The van der Waals surface area contributed by atoms with Crippen molar-refractivity contribution >= 4 is 33.0 Å². The Morgan fingerprint density at radius 1 is 1.12 bits per heavy atom. The van der Waals surface area contributed by atoms with Crippen LogP contribution in [0.2, 0.25) is 0 Å². The third-order valence-corrected chi connectivity index (χ3v) is 7.06. The van der Waals surface area contributed by atoms with Gasteiger partial charge in [-0.2, -0.15) is 0 Å². The molecule has 8 heteroatoms. The zero-order chi connectivity index (χ0) is 19.1. The fourth-order valence-corrected chi connectivity index (χ4v) is 5.12. The van der Waals surface area contributed by atoms with Crippen molar-refractivity contribution in [1.82, 2.24) is 4.90 Å². The zero-order valence-electron chi connectivity index (χ0n) is 15.4. The Morgan fingerprint density at radius 3 is 2.19 bits per heavy atom. The molecule has 1 saturated carbocycles. The van der Waals surface area contributed by atoms with Gasteiger partial charge in [0.2, 0.25) is 11.8 Å². The van der Waals surface area contributed by atoms with Gasteiger partial charge in [0, 0.05) is 38.6 Å². The van der Waals surface area contributed by atoms with E-state index in [4.69, 9.17) is 0 Å². The normalized spacial score (nSPS) is 22.5. The lowest BCUT2D eigenvalue weighted by molar-refractivity contribution is -0.142. The Bertz CT molecular complexity index is 813. The summed E-state index contributed by atoms with van der Waals surface area (Å²) in [5.74, 6) is -0.499. The Balaban J connectivity index is 1.67. The molecule has 2 amide bonds. The summed E-state index contributed by atoms with van der Waals surface area (Å²) >= 11 is 0. The third-order valence-electron chi connectivity index (χ3n) is 5.31. The first kappa shape index (κ1) is 18.7. The molecule has 26 heavy (non-hydrogen) atoms. The molecule has 0 aromatic heterocycles. The molecule has 3 rings (SSSR count). The molecular formula is C18H25N3O4S. The van der Waals surface area contributed by atoms with Gasteiger partial charge in [0.25, 0.3) is 0 Å². The predicted octanol–water partition coefficient (Wildman–Crippen LogP) is 1.12. The summed E-state index contributed by atoms with van der Waals surface area (Å²) in [5.41, 5.74) is 0.606. The maximum Gasteiger partial charge on any atom is 0.240 e. The topological polar surface area (TPSA) is 86.8 Å². The Labute approximate surface area is 154 Å². The van der Waals surface area contributed by atoms with Crippen LogP contribution in [0.1, 0.15) is 19.3 Å². The van der Waals surface area contributed by atoms with E-state index in [0.29, 0.717) is 24.9 Å². The molecule has 1 N–H and O–H groups in total. The van der Waals surface area contributed by atoms with Crippen LogP contribution in [0.5, 0.6) is 0 Å². The lowest BCUT2D eigenvalue weighted by atomic mass is 10.0. The number of nitrogens with one attached hydrogen (secondary N) is 1. The van der Waals surface area contributed by atoms with Gasteiger partial charge in [0.05, 0.1) is 11.5 Å². The van der Waals surface area contributed by atoms with Crippen LogP contribution in [0, 0.1) is 5.41 Å². The summed E-state index contributed by atoms with van der Waals surface area (Å²) in [6, 6.07) is 7.07. The van der Waals surface area contributed by atoms with E-state index in [1.807, 2.05) is 31.1 Å². The highest BCUT2D eigenvalue weighted by Gasteiger charge is 2.58. The highest BCUT2D eigenvalue weighted by molar-refractivity contribution is 7.91. The van der Waals surface area contributed by atoms with E-state index < -0.39 is 15.3 Å². The number of sulfone groups is 1. The molecule has 0 spiro atoms. The van der Waals surface area contributed by atoms with Crippen LogP contribution in [-0.2, 0) is 19.4 Å². The van der Waals surface area contributed by atoms with Crippen molar-refractivity contribution in [2.75, 3.05) is 42.9 Å². The molecule has 2 aliphatic rings. The minimum Gasteiger partial charge on any atom is -0.378 e. The highest BCUT2D eigenvalue weighted by Crippen LogP contribution is 2.48. The number of carbonyl (C=O) groups excluding carboxylic acids is 2. The fourth-order valence-electron chi connectivity index (χ4n) is 3.34. The van der Waals surface area contributed by atoms with Gasteiger partial charge in [-0.1, -0.05) is 0 Å². The van der Waals surface area contributed by atoms with Crippen molar-refractivity contribution in [2.24, 2.45) is 5.41 Å². The largest absolute Gasteiger partial charge is 0.378 e. The van der Waals surface area contributed by atoms with Gasteiger partial charge < -0.3 is 15.1 Å². The molecule has 1 aliphatic heterocycles. The van der Waals surface area contributed by atoms with Gasteiger partial charge >= 0.3 is 0 Å². The van der Waals surface area contributed by atoms with E-state index in [-0.39, 0.29) is 29.4 Å². The standard InChI is InChI=1S/C18H25N3O4S/c1-20(2)14-6-4-13(5-7-14)19-16(22)18(9-10-18)17(23)21(3)15-8-11-26(24,25)12-15/h4-7,15H,8-12H2,1-3H3,(H,19,22). The van der Waals surface area contributed by atoms with E-state index in [1.54, 1.807) is 19.2 Å². The summed E-state index contributed by atoms with van der Waals surface area (Å²) in [7, 11) is 2.40. The van der Waals surface area contributed by atoms with Crippen LogP contribution in [0.25, 0.3) is 0 Å². The molecule has 7 nitrogen and oxygen atoms in total. The lowest BCUT2D eigenvalue weighted by Gasteiger charge is -2.27. The molecule has 1 atom stereocenters. The zero-order valence-corrected chi connectivity index (χ0v) is 16.2. The average Bonchev–Trinajstić information content (AvgIpc) is 3.32. The van der Waals surface area contributed by atoms with Crippen molar-refractivity contribution in [3.63, 3.8) is 0 Å². The monoisotopic (exact) mass is 379 g/mol. The summed E-state index contributed by atoms with van der Waals surface area (Å²) < 4.78 is 23.3. The van der Waals surface area contributed by atoms with Gasteiger partial charge in [-0.15, -0.1) is 0 Å². The fraction of sp³-hybridized carbons (Fsp3) is 0.556. The number of hydrogen-bond acceptors (Lipinski definition) is 5. The minimum atomic E-state index is -3.08. The second kappa shape index (κ2) is 6.57. The van der Waals surface area contributed by atoms with Crippen LogP contribution < -0.4 is 10.2 Å². The van der Waals surface area contributed by atoms with E-state index in [9.17, 15) is 18.0 Å². The van der Waals surface area contributed by atoms with E-state index in [0.717, 1.165) is 5.69 Å². The molecule has 1 heterocycles. The number of rotatable bonds is 5. The van der Waals surface area contributed by atoms with Gasteiger partial charge in [0.15, 0.2) is 9.84 Å². The van der Waals surface area contributed by atoms with Crippen LogP contribution in [0.4, 0.5) is 11.4 Å². The van der Waals surface area contributed by atoms with E-state index in [2.05, 4.69) is 5.32 Å². The van der Waals surface area contributed by atoms with E-state index in [1.165, 1.54) is 4.90 Å². The molecule has 1 aromatic carbocycles. The molecule has 1 aliphatic carbocycles. The van der Waals surface area contributed by atoms with Crippen molar-refractivity contribution in [2.45, 2.75) is 25.3 Å². The van der Waals surface area contributed by atoms with Crippen LogP contribution in [0.3, 0.4) is 0 Å². The van der Waals surface area contributed by atoms with Gasteiger partial charge in [-0.3, -0.25) is 9.59 Å². The highest BCUT2D eigenvalue weighted by atomic mass is 32.2. The first-order valence-corrected chi connectivity index (χ1v) is 10.5. The SMILES string of the molecule is CN(C)c1ccc(NC(=O)C2(C(=O)N(C)C3CCS(=O)(=O)C3)CC2)cc1. The minimum absolute atomic E-state index is 0.0149. The molecule has 1 saturated heterocycles. The molecule has 2 fully saturated rings. The second-order valence-corrected chi connectivity index (χ2v) is 9.68.